The highest BCUT2D eigenvalue weighted by molar-refractivity contribution is 9.10. The van der Waals surface area contributed by atoms with E-state index >= 15 is 0 Å². The summed E-state index contributed by atoms with van der Waals surface area (Å²) in [5.74, 6) is 0. The van der Waals surface area contributed by atoms with E-state index in [1.807, 2.05) is 17.9 Å². The average molecular weight is 248 g/mol. The first-order valence-electron chi connectivity index (χ1n) is 4.11. The standard InChI is InChI=1S/C8H14BrN3O/c1-10-4-8(6-13-2)12-5-7(9)3-11-12/h3,5,8,10H,4,6H2,1-2H3. The normalized spacial score (nSPS) is 13.2. The summed E-state index contributed by atoms with van der Waals surface area (Å²) in [5.41, 5.74) is 0. The fraction of sp³-hybridized carbons (Fsp3) is 0.625. The van der Waals surface area contributed by atoms with Gasteiger partial charge in [-0.25, -0.2) is 0 Å². The number of ether oxygens (including phenoxy) is 1. The van der Waals surface area contributed by atoms with Crippen LogP contribution in [-0.2, 0) is 4.74 Å². The third-order valence-corrected chi connectivity index (χ3v) is 2.15. The van der Waals surface area contributed by atoms with Gasteiger partial charge < -0.3 is 10.1 Å². The zero-order valence-corrected chi connectivity index (χ0v) is 9.41. The SMILES string of the molecule is CNCC(COC)n1cc(Br)cn1. The summed E-state index contributed by atoms with van der Waals surface area (Å²) in [7, 11) is 3.61. The fourth-order valence-electron chi connectivity index (χ4n) is 1.17. The molecule has 1 rings (SSSR count). The van der Waals surface area contributed by atoms with Crippen LogP contribution in [0.25, 0.3) is 0 Å². The van der Waals surface area contributed by atoms with Crippen molar-refractivity contribution in [2.45, 2.75) is 6.04 Å². The molecule has 0 aromatic carbocycles. The Morgan fingerprint density at radius 1 is 1.77 bits per heavy atom. The number of likely N-dealkylation sites (N-methyl/N-ethyl adjacent to an activating group) is 1. The summed E-state index contributed by atoms with van der Waals surface area (Å²) in [6.07, 6.45) is 3.72. The molecule has 1 aromatic heterocycles. The second kappa shape index (κ2) is 5.36. The molecule has 4 nitrogen and oxygen atoms in total. The summed E-state index contributed by atoms with van der Waals surface area (Å²) < 4.78 is 7.99. The molecule has 0 amide bonds. The molecule has 0 saturated carbocycles. The maximum absolute atomic E-state index is 5.10. The largest absolute Gasteiger partial charge is 0.382 e. The second-order valence-electron chi connectivity index (χ2n) is 2.81. The first kappa shape index (κ1) is 10.7. The number of aromatic nitrogens is 2. The van der Waals surface area contributed by atoms with E-state index in [-0.39, 0.29) is 6.04 Å². The smallest absolute Gasteiger partial charge is 0.0876 e. The van der Waals surface area contributed by atoms with Crippen molar-refractivity contribution in [3.05, 3.63) is 16.9 Å². The van der Waals surface area contributed by atoms with Gasteiger partial charge >= 0.3 is 0 Å². The van der Waals surface area contributed by atoms with Crippen LogP contribution in [0.4, 0.5) is 0 Å². The van der Waals surface area contributed by atoms with Crippen molar-refractivity contribution >= 4 is 15.9 Å². The molecule has 1 heterocycles. The Labute approximate surface area is 86.4 Å². The molecule has 1 unspecified atom stereocenters. The minimum atomic E-state index is 0.251. The lowest BCUT2D eigenvalue weighted by molar-refractivity contribution is 0.149. The summed E-state index contributed by atoms with van der Waals surface area (Å²) in [6, 6.07) is 0.251. The quantitative estimate of drug-likeness (QED) is 0.846. The predicted molar refractivity (Wildman–Crippen MR) is 54.8 cm³/mol. The van der Waals surface area contributed by atoms with E-state index in [0.29, 0.717) is 6.61 Å². The van der Waals surface area contributed by atoms with Crippen LogP contribution in [0.3, 0.4) is 0 Å². The first-order valence-corrected chi connectivity index (χ1v) is 4.90. The van der Waals surface area contributed by atoms with Crippen LogP contribution >= 0.6 is 15.9 Å². The molecule has 1 atom stereocenters. The van der Waals surface area contributed by atoms with Crippen molar-refractivity contribution in [1.82, 2.24) is 15.1 Å². The molecule has 0 radical (unpaired) electrons. The molecule has 0 aliphatic rings. The molecule has 1 aromatic rings. The van der Waals surface area contributed by atoms with Crippen LogP contribution < -0.4 is 5.32 Å². The molecular weight excluding hydrogens is 234 g/mol. The predicted octanol–water partition coefficient (Wildman–Crippen LogP) is 1.05. The van der Waals surface area contributed by atoms with E-state index in [0.717, 1.165) is 11.0 Å². The molecule has 1 N–H and O–H groups in total. The molecule has 0 spiro atoms. The van der Waals surface area contributed by atoms with Crippen LogP contribution in [0, 0.1) is 0 Å². The molecule has 5 heteroatoms. The summed E-state index contributed by atoms with van der Waals surface area (Å²) in [5, 5.41) is 7.31. The summed E-state index contributed by atoms with van der Waals surface area (Å²) in [4.78, 5) is 0. The van der Waals surface area contributed by atoms with Crippen molar-refractivity contribution in [3.8, 4) is 0 Å². The van der Waals surface area contributed by atoms with E-state index in [4.69, 9.17) is 4.74 Å². The van der Waals surface area contributed by atoms with Crippen molar-refractivity contribution in [2.24, 2.45) is 0 Å². The van der Waals surface area contributed by atoms with E-state index in [9.17, 15) is 0 Å². The van der Waals surface area contributed by atoms with Crippen LogP contribution in [0.1, 0.15) is 6.04 Å². The Hall–Kier alpha value is -0.390. The van der Waals surface area contributed by atoms with Gasteiger partial charge in [-0.2, -0.15) is 5.10 Å². The van der Waals surface area contributed by atoms with E-state index < -0.39 is 0 Å². The van der Waals surface area contributed by atoms with E-state index in [1.165, 1.54) is 0 Å². The van der Waals surface area contributed by atoms with Crippen LogP contribution in [0.2, 0.25) is 0 Å². The molecule has 74 valence electrons. The zero-order valence-electron chi connectivity index (χ0n) is 7.83. The van der Waals surface area contributed by atoms with Crippen LogP contribution in [0.5, 0.6) is 0 Å². The van der Waals surface area contributed by atoms with E-state index in [2.05, 4.69) is 26.3 Å². The Morgan fingerprint density at radius 2 is 2.54 bits per heavy atom. The maximum atomic E-state index is 5.10. The van der Waals surface area contributed by atoms with Crippen LogP contribution in [-0.4, -0.2) is 37.1 Å². The Morgan fingerprint density at radius 3 is 3.00 bits per heavy atom. The van der Waals surface area contributed by atoms with Crippen molar-refractivity contribution in [1.29, 1.82) is 0 Å². The van der Waals surface area contributed by atoms with Crippen molar-refractivity contribution in [3.63, 3.8) is 0 Å². The number of nitrogens with one attached hydrogen (secondary N) is 1. The molecule has 13 heavy (non-hydrogen) atoms. The molecule has 0 aliphatic carbocycles. The van der Waals surface area contributed by atoms with E-state index in [1.54, 1.807) is 13.3 Å². The molecule has 0 bridgehead atoms. The van der Waals surface area contributed by atoms with Gasteiger partial charge in [0, 0.05) is 19.9 Å². The monoisotopic (exact) mass is 247 g/mol. The van der Waals surface area contributed by atoms with Gasteiger partial charge in [-0.1, -0.05) is 0 Å². The number of nitrogens with zero attached hydrogens (tertiary/aromatic N) is 2. The van der Waals surface area contributed by atoms with Gasteiger partial charge in [-0.15, -0.1) is 0 Å². The molecule has 0 aliphatic heterocycles. The van der Waals surface area contributed by atoms with Gasteiger partial charge in [0.2, 0.25) is 0 Å². The third kappa shape index (κ3) is 3.10. The maximum Gasteiger partial charge on any atom is 0.0876 e. The number of hydrogen-bond acceptors (Lipinski definition) is 3. The lowest BCUT2D eigenvalue weighted by Crippen LogP contribution is -2.26. The molecule has 0 fully saturated rings. The number of rotatable bonds is 5. The lowest BCUT2D eigenvalue weighted by Gasteiger charge is -2.15. The number of hydrogen-bond donors (Lipinski definition) is 1. The first-order chi connectivity index (χ1) is 6.27. The highest BCUT2D eigenvalue weighted by Gasteiger charge is 2.10. The van der Waals surface area contributed by atoms with Crippen molar-refractivity contribution < 1.29 is 4.74 Å². The number of methoxy groups -OCH3 is 1. The minimum Gasteiger partial charge on any atom is -0.382 e. The number of halogens is 1. The average Bonchev–Trinajstić information content (AvgIpc) is 2.51. The topological polar surface area (TPSA) is 39.1 Å². The Kier molecular flexibility index (Phi) is 4.41. The van der Waals surface area contributed by atoms with Gasteiger partial charge in [0.1, 0.15) is 0 Å². The van der Waals surface area contributed by atoms with Crippen LogP contribution in [0.15, 0.2) is 16.9 Å². The summed E-state index contributed by atoms with van der Waals surface area (Å²) >= 11 is 3.36. The zero-order chi connectivity index (χ0) is 9.68. The molecular formula is C8H14BrN3O. The highest BCUT2D eigenvalue weighted by Crippen LogP contribution is 2.11. The fourth-order valence-corrected chi connectivity index (χ4v) is 1.47. The minimum absolute atomic E-state index is 0.251. The van der Waals surface area contributed by atoms with Gasteiger partial charge in [-0.05, 0) is 23.0 Å². The molecule has 0 saturated heterocycles. The Bertz CT molecular complexity index is 245. The third-order valence-electron chi connectivity index (χ3n) is 1.74. The van der Waals surface area contributed by atoms with Gasteiger partial charge in [0.25, 0.3) is 0 Å². The lowest BCUT2D eigenvalue weighted by atomic mass is 10.3. The summed E-state index contributed by atoms with van der Waals surface area (Å²) in [6.45, 7) is 1.51. The Balaban J connectivity index is 2.63. The van der Waals surface area contributed by atoms with Gasteiger partial charge in [-0.3, -0.25) is 4.68 Å². The van der Waals surface area contributed by atoms with Crippen molar-refractivity contribution in [2.75, 3.05) is 27.3 Å². The van der Waals surface area contributed by atoms with Gasteiger partial charge in [0.05, 0.1) is 23.3 Å². The van der Waals surface area contributed by atoms with Gasteiger partial charge in [0.15, 0.2) is 0 Å². The highest BCUT2D eigenvalue weighted by atomic mass is 79.9. The second-order valence-corrected chi connectivity index (χ2v) is 3.72.